The Hall–Kier alpha value is -1.16. The molecule has 0 saturated carbocycles. The summed E-state index contributed by atoms with van der Waals surface area (Å²) in [6.45, 7) is 2.72. The van der Waals surface area contributed by atoms with Crippen LogP contribution in [0.25, 0.3) is 10.9 Å². The summed E-state index contributed by atoms with van der Waals surface area (Å²) in [5.41, 5.74) is 1.93. The Morgan fingerprint density at radius 1 is 1.35 bits per heavy atom. The zero-order chi connectivity index (χ0) is 12.3. The van der Waals surface area contributed by atoms with E-state index in [0.717, 1.165) is 35.8 Å². The summed E-state index contributed by atoms with van der Waals surface area (Å²) in [7, 11) is 0. The lowest BCUT2D eigenvalue weighted by Crippen LogP contribution is -2.20. The number of benzene rings is 1. The summed E-state index contributed by atoms with van der Waals surface area (Å²) < 4.78 is 1.70. The molecule has 0 bridgehead atoms. The number of alkyl halides is 1. The number of aryl methyl sites for hydroxylation is 2. The second kappa shape index (κ2) is 5.45. The third kappa shape index (κ3) is 2.75. The summed E-state index contributed by atoms with van der Waals surface area (Å²) in [5, 5.41) is 1.69. The van der Waals surface area contributed by atoms with Crippen molar-refractivity contribution in [2.24, 2.45) is 0 Å². The molecular weight excluding hydrogens is 280 g/mol. The van der Waals surface area contributed by atoms with Gasteiger partial charge < -0.3 is 0 Å². The summed E-state index contributed by atoms with van der Waals surface area (Å²) in [4.78, 5) is 16.5. The van der Waals surface area contributed by atoms with Gasteiger partial charge >= 0.3 is 0 Å². The normalized spacial score (nSPS) is 10.9. The molecule has 0 radical (unpaired) electrons. The van der Waals surface area contributed by atoms with Gasteiger partial charge in [0.2, 0.25) is 0 Å². The van der Waals surface area contributed by atoms with Crippen molar-refractivity contribution in [1.29, 1.82) is 0 Å². The Labute approximate surface area is 109 Å². The molecule has 0 aliphatic rings. The van der Waals surface area contributed by atoms with E-state index >= 15 is 0 Å². The molecule has 2 rings (SSSR count). The highest BCUT2D eigenvalue weighted by Crippen LogP contribution is 2.09. The van der Waals surface area contributed by atoms with Gasteiger partial charge in [0.25, 0.3) is 5.56 Å². The maximum Gasteiger partial charge on any atom is 0.261 e. The van der Waals surface area contributed by atoms with E-state index in [-0.39, 0.29) is 5.56 Å². The zero-order valence-electron chi connectivity index (χ0n) is 9.82. The molecule has 0 fully saturated rings. The minimum Gasteiger partial charge on any atom is -0.299 e. The zero-order valence-corrected chi connectivity index (χ0v) is 11.4. The van der Waals surface area contributed by atoms with Crippen molar-refractivity contribution < 1.29 is 0 Å². The number of aromatic nitrogens is 2. The van der Waals surface area contributed by atoms with E-state index in [0.29, 0.717) is 5.39 Å². The predicted octanol–water partition coefficient (Wildman–Crippen LogP) is 2.88. The van der Waals surface area contributed by atoms with Crippen LogP contribution < -0.4 is 5.56 Å². The molecule has 1 aromatic carbocycles. The lowest BCUT2D eigenvalue weighted by molar-refractivity contribution is 0.612. The van der Waals surface area contributed by atoms with Gasteiger partial charge in [-0.3, -0.25) is 9.36 Å². The first-order valence-corrected chi connectivity index (χ1v) is 6.86. The molecule has 17 heavy (non-hydrogen) atoms. The van der Waals surface area contributed by atoms with Gasteiger partial charge in [0.05, 0.1) is 17.2 Å². The van der Waals surface area contributed by atoms with Crippen LogP contribution in [0.15, 0.2) is 29.3 Å². The van der Waals surface area contributed by atoms with Crippen LogP contribution in [-0.2, 0) is 6.54 Å². The smallest absolute Gasteiger partial charge is 0.261 e. The van der Waals surface area contributed by atoms with Gasteiger partial charge in [-0.15, -0.1) is 0 Å². The van der Waals surface area contributed by atoms with Crippen molar-refractivity contribution in [3.8, 4) is 0 Å². The first kappa shape index (κ1) is 12.3. The fraction of sp³-hybridized carbons (Fsp3) is 0.385. The van der Waals surface area contributed by atoms with Crippen LogP contribution in [0.2, 0.25) is 0 Å². The van der Waals surface area contributed by atoms with Crippen LogP contribution in [0, 0.1) is 6.92 Å². The molecule has 0 spiro atoms. The molecule has 1 heterocycles. The van der Waals surface area contributed by atoms with Gasteiger partial charge in [0.15, 0.2) is 0 Å². The highest BCUT2D eigenvalue weighted by atomic mass is 79.9. The predicted molar refractivity (Wildman–Crippen MR) is 73.8 cm³/mol. The Bertz CT molecular complexity index is 577. The fourth-order valence-electron chi connectivity index (χ4n) is 1.81. The van der Waals surface area contributed by atoms with E-state index in [4.69, 9.17) is 0 Å². The van der Waals surface area contributed by atoms with Gasteiger partial charge in [0.1, 0.15) is 0 Å². The standard InChI is InChI=1S/C13H15BrN2O/c1-10-4-5-12-11(8-10)13(17)16(9-15-12)7-3-2-6-14/h4-5,8-9H,2-3,6-7H2,1H3. The lowest BCUT2D eigenvalue weighted by atomic mass is 10.2. The second-order valence-electron chi connectivity index (χ2n) is 4.16. The molecule has 0 atom stereocenters. The molecule has 0 unspecified atom stereocenters. The number of fused-ring (bicyclic) bond motifs is 1. The average molecular weight is 295 g/mol. The first-order chi connectivity index (χ1) is 8.22. The summed E-state index contributed by atoms with van der Waals surface area (Å²) >= 11 is 3.39. The first-order valence-electron chi connectivity index (χ1n) is 5.74. The van der Waals surface area contributed by atoms with Crippen LogP contribution in [0.1, 0.15) is 18.4 Å². The number of nitrogens with zero attached hydrogens (tertiary/aromatic N) is 2. The third-order valence-electron chi connectivity index (χ3n) is 2.76. The highest BCUT2D eigenvalue weighted by Gasteiger charge is 2.03. The van der Waals surface area contributed by atoms with Crippen molar-refractivity contribution in [1.82, 2.24) is 9.55 Å². The third-order valence-corrected chi connectivity index (χ3v) is 3.32. The number of unbranched alkanes of at least 4 members (excludes halogenated alkanes) is 1. The summed E-state index contributed by atoms with van der Waals surface area (Å²) in [5.74, 6) is 0. The van der Waals surface area contributed by atoms with E-state index in [1.807, 2.05) is 25.1 Å². The second-order valence-corrected chi connectivity index (χ2v) is 4.95. The molecule has 0 amide bonds. The monoisotopic (exact) mass is 294 g/mol. The molecule has 4 heteroatoms. The number of halogens is 1. The quantitative estimate of drug-likeness (QED) is 0.642. The molecule has 90 valence electrons. The molecule has 1 aromatic heterocycles. The largest absolute Gasteiger partial charge is 0.299 e. The van der Waals surface area contributed by atoms with Crippen molar-refractivity contribution in [2.75, 3.05) is 5.33 Å². The Balaban J connectivity index is 2.39. The minimum absolute atomic E-state index is 0.0632. The molecule has 0 saturated heterocycles. The van der Waals surface area contributed by atoms with E-state index in [1.165, 1.54) is 0 Å². The van der Waals surface area contributed by atoms with E-state index in [1.54, 1.807) is 10.9 Å². The van der Waals surface area contributed by atoms with Gasteiger partial charge in [-0.2, -0.15) is 0 Å². The maximum atomic E-state index is 12.2. The molecule has 0 N–H and O–H groups in total. The molecule has 0 aliphatic heterocycles. The Morgan fingerprint density at radius 2 is 2.18 bits per heavy atom. The number of hydrogen-bond donors (Lipinski definition) is 0. The fourth-order valence-corrected chi connectivity index (χ4v) is 2.21. The topological polar surface area (TPSA) is 34.9 Å². The number of hydrogen-bond acceptors (Lipinski definition) is 2. The molecule has 0 aliphatic carbocycles. The van der Waals surface area contributed by atoms with Crippen LogP contribution in [0.3, 0.4) is 0 Å². The summed E-state index contributed by atoms with van der Waals surface area (Å²) in [6.07, 6.45) is 3.71. The Kier molecular flexibility index (Phi) is 3.94. The van der Waals surface area contributed by atoms with Crippen molar-refractivity contribution in [3.63, 3.8) is 0 Å². The SMILES string of the molecule is Cc1ccc2ncn(CCCCBr)c(=O)c2c1. The van der Waals surface area contributed by atoms with Gasteiger partial charge in [-0.05, 0) is 31.9 Å². The molecular formula is C13H15BrN2O. The molecule has 2 aromatic rings. The van der Waals surface area contributed by atoms with Crippen LogP contribution in [0.4, 0.5) is 0 Å². The lowest BCUT2D eigenvalue weighted by Gasteiger charge is -2.06. The van der Waals surface area contributed by atoms with Gasteiger partial charge in [-0.1, -0.05) is 27.6 Å². The Morgan fingerprint density at radius 3 is 2.94 bits per heavy atom. The van der Waals surface area contributed by atoms with Crippen LogP contribution >= 0.6 is 15.9 Å². The van der Waals surface area contributed by atoms with Crippen LogP contribution in [-0.4, -0.2) is 14.9 Å². The van der Waals surface area contributed by atoms with Crippen molar-refractivity contribution in [3.05, 3.63) is 40.4 Å². The van der Waals surface area contributed by atoms with Crippen LogP contribution in [0.5, 0.6) is 0 Å². The van der Waals surface area contributed by atoms with E-state index in [2.05, 4.69) is 20.9 Å². The van der Waals surface area contributed by atoms with Gasteiger partial charge in [0, 0.05) is 11.9 Å². The maximum absolute atomic E-state index is 12.2. The summed E-state index contributed by atoms with van der Waals surface area (Å²) in [6, 6.07) is 5.78. The average Bonchev–Trinajstić information content (AvgIpc) is 2.33. The van der Waals surface area contributed by atoms with Crippen molar-refractivity contribution in [2.45, 2.75) is 26.3 Å². The van der Waals surface area contributed by atoms with E-state index in [9.17, 15) is 4.79 Å². The minimum atomic E-state index is 0.0632. The van der Waals surface area contributed by atoms with E-state index < -0.39 is 0 Å². The molecule has 3 nitrogen and oxygen atoms in total. The van der Waals surface area contributed by atoms with Crippen molar-refractivity contribution >= 4 is 26.8 Å². The number of rotatable bonds is 4. The van der Waals surface area contributed by atoms with Gasteiger partial charge in [-0.25, -0.2) is 4.98 Å². The highest BCUT2D eigenvalue weighted by molar-refractivity contribution is 9.09.